The second kappa shape index (κ2) is 8.45. The second-order valence-electron chi connectivity index (χ2n) is 7.08. The predicted molar refractivity (Wildman–Crippen MR) is 109 cm³/mol. The number of aromatic nitrogens is 3. The van der Waals surface area contributed by atoms with E-state index in [-0.39, 0.29) is 24.2 Å². The lowest BCUT2D eigenvalue weighted by Gasteiger charge is -2.17. The number of carbonyl (C=O) groups excluding carboxylic acids is 2. The molecule has 1 fully saturated rings. The van der Waals surface area contributed by atoms with Crippen molar-refractivity contribution in [3.8, 4) is 0 Å². The molecule has 3 aromatic rings. The molecule has 8 heteroatoms. The molecule has 1 N–H and O–H groups in total. The first-order valence-electron chi connectivity index (χ1n) is 9.31. The fraction of sp³-hybridized carbons (Fsp3) is 0.238. The lowest BCUT2D eigenvalue weighted by atomic mass is 10.1. The molecule has 1 atom stereocenters. The van der Waals surface area contributed by atoms with E-state index in [1.807, 2.05) is 36.4 Å². The third-order valence-corrected chi connectivity index (χ3v) is 5.16. The van der Waals surface area contributed by atoms with Gasteiger partial charge in [0.1, 0.15) is 12.7 Å². The Bertz CT molecular complexity index is 987. The Hall–Kier alpha value is -3.19. The van der Waals surface area contributed by atoms with E-state index >= 15 is 0 Å². The first-order chi connectivity index (χ1) is 14.1. The molecule has 0 aliphatic carbocycles. The summed E-state index contributed by atoms with van der Waals surface area (Å²) < 4.78 is 1.73. The van der Waals surface area contributed by atoms with Gasteiger partial charge < -0.3 is 10.2 Å². The van der Waals surface area contributed by atoms with Gasteiger partial charge in [0.2, 0.25) is 11.8 Å². The minimum Gasteiger partial charge on any atom is -0.338 e. The van der Waals surface area contributed by atoms with Crippen molar-refractivity contribution < 1.29 is 9.59 Å². The van der Waals surface area contributed by atoms with E-state index in [0.717, 1.165) is 11.1 Å². The van der Waals surface area contributed by atoms with Gasteiger partial charge >= 0.3 is 0 Å². The summed E-state index contributed by atoms with van der Waals surface area (Å²) in [5, 5.41) is 7.65. The normalized spacial score (nSPS) is 16.2. The molecule has 2 heterocycles. The van der Waals surface area contributed by atoms with E-state index in [1.54, 1.807) is 28.0 Å². The summed E-state index contributed by atoms with van der Waals surface area (Å²) >= 11 is 5.90. The molecule has 1 aliphatic heterocycles. The number of halogens is 1. The molecule has 29 heavy (non-hydrogen) atoms. The van der Waals surface area contributed by atoms with Gasteiger partial charge in [0.15, 0.2) is 0 Å². The van der Waals surface area contributed by atoms with Crippen LogP contribution < -0.4 is 5.32 Å². The molecule has 2 amide bonds. The summed E-state index contributed by atoms with van der Waals surface area (Å²) in [7, 11) is 0. The third-order valence-electron chi connectivity index (χ3n) is 4.90. The molecular formula is C21H20ClN5O2. The summed E-state index contributed by atoms with van der Waals surface area (Å²) in [5.41, 5.74) is 2.76. The Morgan fingerprint density at radius 2 is 1.76 bits per heavy atom. The molecule has 4 rings (SSSR count). The van der Waals surface area contributed by atoms with Crippen LogP contribution in [0, 0.1) is 5.92 Å². The number of carbonyl (C=O) groups is 2. The van der Waals surface area contributed by atoms with Crippen LogP contribution in [0.3, 0.4) is 0 Å². The van der Waals surface area contributed by atoms with Gasteiger partial charge in [0.05, 0.1) is 12.5 Å². The van der Waals surface area contributed by atoms with Crippen LogP contribution in [-0.2, 0) is 22.7 Å². The van der Waals surface area contributed by atoms with Crippen LogP contribution in [-0.4, -0.2) is 38.0 Å². The number of hydrogen-bond donors (Lipinski definition) is 1. The smallest absolute Gasteiger partial charge is 0.229 e. The molecule has 148 valence electrons. The van der Waals surface area contributed by atoms with Gasteiger partial charge in [-0.3, -0.25) is 9.59 Å². The summed E-state index contributed by atoms with van der Waals surface area (Å²) in [5.74, 6) is -0.506. The Kier molecular flexibility index (Phi) is 5.57. The first kappa shape index (κ1) is 19.1. The van der Waals surface area contributed by atoms with Crippen LogP contribution in [0.1, 0.15) is 17.5 Å². The van der Waals surface area contributed by atoms with E-state index < -0.39 is 0 Å². The van der Waals surface area contributed by atoms with Gasteiger partial charge in [-0.05, 0) is 35.4 Å². The minimum absolute atomic E-state index is 0.0109. The summed E-state index contributed by atoms with van der Waals surface area (Å²) in [6, 6.07) is 15.0. The summed E-state index contributed by atoms with van der Waals surface area (Å²) in [6.45, 7) is 1.51. The highest BCUT2D eigenvalue weighted by atomic mass is 35.5. The van der Waals surface area contributed by atoms with Crippen molar-refractivity contribution in [3.05, 3.63) is 77.3 Å². The van der Waals surface area contributed by atoms with Gasteiger partial charge in [0, 0.05) is 30.2 Å². The Morgan fingerprint density at radius 1 is 1.07 bits per heavy atom. The fourth-order valence-electron chi connectivity index (χ4n) is 3.35. The average Bonchev–Trinajstić information content (AvgIpc) is 3.35. The topological polar surface area (TPSA) is 80.1 Å². The van der Waals surface area contributed by atoms with Crippen LogP contribution in [0.15, 0.2) is 61.2 Å². The highest BCUT2D eigenvalue weighted by Crippen LogP contribution is 2.23. The van der Waals surface area contributed by atoms with E-state index in [9.17, 15) is 9.59 Å². The molecule has 1 aliphatic rings. The van der Waals surface area contributed by atoms with Crippen molar-refractivity contribution in [2.24, 2.45) is 5.92 Å². The minimum atomic E-state index is -0.357. The van der Waals surface area contributed by atoms with E-state index in [4.69, 9.17) is 11.6 Å². The number of amides is 2. The fourth-order valence-corrected chi connectivity index (χ4v) is 3.48. The number of rotatable bonds is 6. The van der Waals surface area contributed by atoms with Crippen molar-refractivity contribution in [3.63, 3.8) is 0 Å². The standard InChI is InChI=1S/C21H20ClN5O2/c22-18-5-1-15(2-6-18)10-26-12-17(9-20(26)28)21(29)25-19-7-3-16(4-8-19)11-27-14-23-13-24-27/h1-8,13-14,17H,9-12H2,(H,25,29)/t17-/m0/s1. The molecule has 0 bridgehead atoms. The quantitative estimate of drug-likeness (QED) is 0.678. The molecule has 2 aromatic carbocycles. The molecule has 1 saturated heterocycles. The van der Waals surface area contributed by atoms with Crippen LogP contribution >= 0.6 is 11.6 Å². The Balaban J connectivity index is 1.32. The second-order valence-corrected chi connectivity index (χ2v) is 7.52. The molecule has 0 unspecified atom stereocenters. The third kappa shape index (κ3) is 4.81. The van der Waals surface area contributed by atoms with E-state index in [1.165, 1.54) is 6.33 Å². The largest absolute Gasteiger partial charge is 0.338 e. The zero-order valence-electron chi connectivity index (χ0n) is 15.7. The first-order valence-corrected chi connectivity index (χ1v) is 9.69. The Labute approximate surface area is 173 Å². The number of nitrogens with zero attached hydrogens (tertiary/aromatic N) is 4. The number of benzene rings is 2. The highest BCUT2D eigenvalue weighted by Gasteiger charge is 2.34. The van der Waals surface area contributed by atoms with Crippen molar-refractivity contribution in [1.29, 1.82) is 0 Å². The Morgan fingerprint density at radius 3 is 2.45 bits per heavy atom. The van der Waals surface area contributed by atoms with Crippen LogP contribution in [0.2, 0.25) is 5.02 Å². The molecule has 0 spiro atoms. The van der Waals surface area contributed by atoms with Gasteiger partial charge in [-0.1, -0.05) is 35.9 Å². The number of nitrogens with one attached hydrogen (secondary N) is 1. The maximum absolute atomic E-state index is 12.6. The van der Waals surface area contributed by atoms with E-state index in [2.05, 4.69) is 15.4 Å². The molecule has 0 saturated carbocycles. The van der Waals surface area contributed by atoms with Crippen molar-refractivity contribution in [2.75, 3.05) is 11.9 Å². The zero-order chi connectivity index (χ0) is 20.2. The molecule has 0 radical (unpaired) electrons. The maximum atomic E-state index is 12.6. The predicted octanol–water partition coefficient (Wildman–Crippen LogP) is 2.97. The van der Waals surface area contributed by atoms with Gasteiger partial charge in [-0.2, -0.15) is 5.10 Å². The zero-order valence-corrected chi connectivity index (χ0v) is 16.4. The maximum Gasteiger partial charge on any atom is 0.229 e. The van der Waals surface area contributed by atoms with Crippen molar-refractivity contribution >= 4 is 29.1 Å². The molecular weight excluding hydrogens is 390 g/mol. The van der Waals surface area contributed by atoms with Crippen molar-refractivity contribution in [1.82, 2.24) is 19.7 Å². The van der Waals surface area contributed by atoms with Crippen LogP contribution in [0.4, 0.5) is 5.69 Å². The van der Waals surface area contributed by atoms with Crippen LogP contribution in [0.25, 0.3) is 0 Å². The average molecular weight is 410 g/mol. The van der Waals surface area contributed by atoms with Gasteiger partial charge in [0.25, 0.3) is 0 Å². The van der Waals surface area contributed by atoms with Crippen molar-refractivity contribution in [2.45, 2.75) is 19.5 Å². The molecule has 7 nitrogen and oxygen atoms in total. The number of likely N-dealkylation sites (tertiary alicyclic amines) is 1. The van der Waals surface area contributed by atoms with Crippen LogP contribution in [0.5, 0.6) is 0 Å². The monoisotopic (exact) mass is 409 g/mol. The highest BCUT2D eigenvalue weighted by molar-refractivity contribution is 6.30. The molecule has 1 aromatic heterocycles. The summed E-state index contributed by atoms with van der Waals surface area (Å²) in [6.07, 6.45) is 3.38. The lowest BCUT2D eigenvalue weighted by Crippen LogP contribution is -2.28. The van der Waals surface area contributed by atoms with E-state index in [0.29, 0.717) is 30.3 Å². The SMILES string of the molecule is O=C(Nc1ccc(Cn2cncn2)cc1)[C@H]1CC(=O)N(Cc2ccc(Cl)cc2)C1. The number of hydrogen-bond acceptors (Lipinski definition) is 4. The summed E-state index contributed by atoms with van der Waals surface area (Å²) in [4.78, 5) is 30.6. The number of anilines is 1. The lowest BCUT2D eigenvalue weighted by molar-refractivity contribution is -0.128. The van der Waals surface area contributed by atoms with Gasteiger partial charge in [-0.15, -0.1) is 0 Å². The van der Waals surface area contributed by atoms with Gasteiger partial charge in [-0.25, -0.2) is 9.67 Å².